The number of aromatic nitrogens is 1. The summed E-state index contributed by atoms with van der Waals surface area (Å²) in [4.78, 5) is 11.6. The van der Waals surface area contributed by atoms with E-state index in [4.69, 9.17) is 4.74 Å². The highest BCUT2D eigenvalue weighted by Gasteiger charge is 1.98. The number of rotatable bonds is 4. The van der Waals surface area contributed by atoms with Crippen LogP contribution in [0.5, 0.6) is 5.75 Å². The van der Waals surface area contributed by atoms with Gasteiger partial charge < -0.3 is 9.30 Å². The van der Waals surface area contributed by atoms with Crippen molar-refractivity contribution in [3.8, 4) is 5.75 Å². The highest BCUT2D eigenvalue weighted by atomic mass is 79.9. The van der Waals surface area contributed by atoms with Crippen LogP contribution in [0.3, 0.4) is 0 Å². The van der Waals surface area contributed by atoms with Crippen molar-refractivity contribution in [3.63, 3.8) is 0 Å². The normalized spacial score (nSPS) is 10.3. The second kappa shape index (κ2) is 5.87. The molecule has 0 aliphatic rings. The van der Waals surface area contributed by atoms with Crippen molar-refractivity contribution in [2.24, 2.45) is 0 Å². The molecule has 94 valence electrons. The molecule has 18 heavy (non-hydrogen) atoms. The third-order valence-electron chi connectivity index (χ3n) is 2.55. The van der Waals surface area contributed by atoms with Crippen molar-refractivity contribution < 1.29 is 4.74 Å². The van der Waals surface area contributed by atoms with Crippen LogP contribution in [0.2, 0.25) is 0 Å². The predicted octanol–water partition coefficient (Wildman–Crippen LogP) is 3.00. The molecule has 4 heteroatoms. The van der Waals surface area contributed by atoms with E-state index in [2.05, 4.69) is 15.9 Å². The lowest BCUT2D eigenvalue weighted by Gasteiger charge is -2.08. The molecule has 3 nitrogen and oxygen atoms in total. The minimum Gasteiger partial charge on any atom is -0.492 e. The topological polar surface area (TPSA) is 31.2 Å². The quantitative estimate of drug-likeness (QED) is 0.869. The first kappa shape index (κ1) is 12.9. The van der Waals surface area contributed by atoms with Crippen molar-refractivity contribution >= 4 is 15.9 Å². The Bertz CT molecular complexity index is 592. The van der Waals surface area contributed by atoms with Gasteiger partial charge in [0, 0.05) is 16.7 Å². The zero-order chi connectivity index (χ0) is 13.0. The molecule has 2 aromatic rings. The highest BCUT2D eigenvalue weighted by Crippen LogP contribution is 2.17. The zero-order valence-corrected chi connectivity index (χ0v) is 11.7. The van der Waals surface area contributed by atoms with E-state index in [-0.39, 0.29) is 5.56 Å². The van der Waals surface area contributed by atoms with Crippen LogP contribution >= 0.6 is 15.9 Å². The summed E-state index contributed by atoms with van der Waals surface area (Å²) in [7, 11) is 0. The smallest absolute Gasteiger partial charge is 0.250 e. The van der Waals surface area contributed by atoms with Crippen LogP contribution < -0.4 is 10.3 Å². The Kier molecular flexibility index (Phi) is 4.20. The number of pyridine rings is 1. The molecule has 0 aliphatic heterocycles. The number of ether oxygens (including phenoxy) is 1. The van der Waals surface area contributed by atoms with Gasteiger partial charge in [0.15, 0.2) is 0 Å². The molecule has 0 bridgehead atoms. The zero-order valence-electron chi connectivity index (χ0n) is 10.1. The van der Waals surface area contributed by atoms with E-state index in [1.54, 1.807) is 16.8 Å². The average molecular weight is 308 g/mol. The lowest BCUT2D eigenvalue weighted by atomic mass is 10.3. The Morgan fingerprint density at radius 2 is 2.11 bits per heavy atom. The molecule has 0 fully saturated rings. The number of aryl methyl sites for hydroxylation is 1. The Morgan fingerprint density at radius 3 is 2.83 bits per heavy atom. The lowest BCUT2D eigenvalue weighted by Crippen LogP contribution is -2.21. The molecule has 0 spiro atoms. The Hall–Kier alpha value is -1.55. The molecule has 0 amide bonds. The van der Waals surface area contributed by atoms with Gasteiger partial charge >= 0.3 is 0 Å². The van der Waals surface area contributed by atoms with Gasteiger partial charge in [-0.1, -0.05) is 22.0 Å². The fraction of sp³-hybridized carbons (Fsp3) is 0.214. The number of halogens is 1. The molecule has 1 aromatic carbocycles. The van der Waals surface area contributed by atoms with Gasteiger partial charge in [0.05, 0.1) is 6.54 Å². The second-order valence-electron chi connectivity index (χ2n) is 4.04. The maximum Gasteiger partial charge on any atom is 0.250 e. The molecule has 2 rings (SSSR count). The van der Waals surface area contributed by atoms with Crippen molar-refractivity contribution in [1.82, 2.24) is 4.57 Å². The summed E-state index contributed by atoms with van der Waals surface area (Å²) >= 11 is 3.38. The lowest BCUT2D eigenvalue weighted by molar-refractivity contribution is 0.296. The summed E-state index contributed by atoms with van der Waals surface area (Å²) in [5.74, 6) is 0.796. The van der Waals surface area contributed by atoms with Crippen molar-refractivity contribution in [1.29, 1.82) is 0 Å². The van der Waals surface area contributed by atoms with E-state index in [9.17, 15) is 4.79 Å². The molecule has 0 N–H and O–H groups in total. The van der Waals surface area contributed by atoms with E-state index < -0.39 is 0 Å². The summed E-state index contributed by atoms with van der Waals surface area (Å²) in [5.41, 5.74) is 0.983. The Labute approximate surface area is 114 Å². The van der Waals surface area contributed by atoms with Crippen molar-refractivity contribution in [2.45, 2.75) is 13.5 Å². The Morgan fingerprint density at radius 1 is 1.28 bits per heavy atom. The van der Waals surface area contributed by atoms with Gasteiger partial charge in [-0.05, 0) is 36.8 Å². The molecule has 0 atom stereocenters. The minimum absolute atomic E-state index is 0.00726. The molecule has 0 unspecified atom stereocenters. The third kappa shape index (κ3) is 3.47. The maximum absolute atomic E-state index is 11.6. The largest absolute Gasteiger partial charge is 0.492 e. The number of nitrogens with zero attached hydrogens (tertiary/aromatic N) is 1. The fourth-order valence-corrected chi connectivity index (χ4v) is 1.99. The number of benzene rings is 1. The highest BCUT2D eigenvalue weighted by molar-refractivity contribution is 9.10. The summed E-state index contributed by atoms with van der Waals surface area (Å²) in [6, 6.07) is 11.2. The SMILES string of the molecule is Cc1ccn(CCOc2cccc(Br)c2)c(=O)c1. The molecule has 0 radical (unpaired) electrons. The van der Waals surface area contributed by atoms with Crippen molar-refractivity contribution in [3.05, 3.63) is 63.0 Å². The van der Waals surface area contributed by atoms with E-state index in [0.29, 0.717) is 13.2 Å². The van der Waals surface area contributed by atoms with Crippen LogP contribution in [-0.4, -0.2) is 11.2 Å². The van der Waals surface area contributed by atoms with Gasteiger partial charge in [-0.3, -0.25) is 4.79 Å². The molecule has 0 aliphatic carbocycles. The van der Waals surface area contributed by atoms with E-state index in [1.165, 1.54) is 0 Å². The summed E-state index contributed by atoms with van der Waals surface area (Å²) < 4.78 is 8.21. The first-order chi connectivity index (χ1) is 8.65. The standard InChI is InChI=1S/C14H14BrNO2/c1-11-5-6-16(14(17)9-11)7-8-18-13-4-2-3-12(15)10-13/h2-6,9-10H,7-8H2,1H3. The summed E-state index contributed by atoms with van der Waals surface area (Å²) in [6.07, 6.45) is 1.79. The summed E-state index contributed by atoms with van der Waals surface area (Å²) in [5, 5.41) is 0. The van der Waals surface area contributed by atoms with Crippen LogP contribution in [0.15, 0.2) is 51.9 Å². The van der Waals surface area contributed by atoms with Crippen LogP contribution in [-0.2, 0) is 6.54 Å². The van der Waals surface area contributed by atoms with E-state index >= 15 is 0 Å². The molecule has 1 aromatic heterocycles. The van der Waals surface area contributed by atoms with Crippen LogP contribution in [0.1, 0.15) is 5.56 Å². The molecule has 0 saturated carbocycles. The third-order valence-corrected chi connectivity index (χ3v) is 3.04. The van der Waals surface area contributed by atoms with Gasteiger partial charge in [0.25, 0.3) is 5.56 Å². The van der Waals surface area contributed by atoms with Gasteiger partial charge in [-0.15, -0.1) is 0 Å². The first-order valence-corrected chi connectivity index (χ1v) is 6.50. The molecule has 0 saturated heterocycles. The van der Waals surface area contributed by atoms with E-state index in [1.807, 2.05) is 37.3 Å². The van der Waals surface area contributed by atoms with Crippen LogP contribution in [0, 0.1) is 6.92 Å². The van der Waals surface area contributed by atoms with Crippen LogP contribution in [0.25, 0.3) is 0 Å². The first-order valence-electron chi connectivity index (χ1n) is 5.70. The van der Waals surface area contributed by atoms with Crippen LogP contribution in [0.4, 0.5) is 0 Å². The average Bonchev–Trinajstić information content (AvgIpc) is 2.32. The summed E-state index contributed by atoms with van der Waals surface area (Å²) in [6.45, 7) is 2.93. The van der Waals surface area contributed by atoms with Gasteiger partial charge in [-0.25, -0.2) is 0 Å². The van der Waals surface area contributed by atoms with Crippen molar-refractivity contribution in [2.75, 3.05) is 6.61 Å². The van der Waals surface area contributed by atoms with Gasteiger partial charge in [0.2, 0.25) is 0 Å². The fourth-order valence-electron chi connectivity index (χ4n) is 1.61. The number of hydrogen-bond donors (Lipinski definition) is 0. The molecule has 1 heterocycles. The Balaban J connectivity index is 1.94. The van der Waals surface area contributed by atoms with Gasteiger partial charge in [-0.2, -0.15) is 0 Å². The second-order valence-corrected chi connectivity index (χ2v) is 4.96. The van der Waals surface area contributed by atoms with E-state index in [0.717, 1.165) is 15.8 Å². The monoisotopic (exact) mass is 307 g/mol. The van der Waals surface area contributed by atoms with Gasteiger partial charge in [0.1, 0.15) is 12.4 Å². The predicted molar refractivity (Wildman–Crippen MR) is 75.1 cm³/mol. The molecular weight excluding hydrogens is 294 g/mol. The molecular formula is C14H14BrNO2. The minimum atomic E-state index is 0.00726. The number of hydrogen-bond acceptors (Lipinski definition) is 2. The maximum atomic E-state index is 11.6.